The zero-order valence-electron chi connectivity index (χ0n) is 13.7. The Morgan fingerprint density at radius 2 is 1.96 bits per heavy atom. The van der Waals surface area contributed by atoms with Crippen molar-refractivity contribution >= 4 is 5.91 Å². The van der Waals surface area contributed by atoms with E-state index in [0.29, 0.717) is 17.9 Å². The lowest BCUT2D eigenvalue weighted by atomic mass is 10.1. The summed E-state index contributed by atoms with van der Waals surface area (Å²) < 4.78 is 28.7. The Morgan fingerprint density at radius 3 is 2.77 bits per heavy atom. The summed E-state index contributed by atoms with van der Waals surface area (Å²) in [5.74, 6) is -1.19. The molecule has 0 fully saturated rings. The van der Waals surface area contributed by atoms with Crippen molar-refractivity contribution in [2.75, 3.05) is 6.54 Å². The van der Waals surface area contributed by atoms with Gasteiger partial charge in [-0.3, -0.25) is 10.1 Å². The lowest BCUT2D eigenvalue weighted by Gasteiger charge is -2.26. The normalized spacial score (nSPS) is 16.2. The van der Waals surface area contributed by atoms with Gasteiger partial charge in [0, 0.05) is 17.7 Å². The molecule has 0 aliphatic carbocycles. The highest BCUT2D eigenvalue weighted by Crippen LogP contribution is 2.23. The Labute approximate surface area is 148 Å². The number of rotatable bonds is 4. The number of fused-ring (bicyclic) bond motifs is 1. The monoisotopic (exact) mass is 354 g/mol. The van der Waals surface area contributed by atoms with E-state index in [1.807, 2.05) is 30.3 Å². The second-order valence-electron chi connectivity index (χ2n) is 6.07. The molecule has 4 rings (SSSR count). The zero-order valence-corrected chi connectivity index (χ0v) is 13.7. The molecule has 0 spiro atoms. The van der Waals surface area contributed by atoms with Gasteiger partial charge >= 0.3 is 0 Å². The zero-order chi connectivity index (χ0) is 18.1. The molecular formula is C19H16F2N4O. The van der Waals surface area contributed by atoms with Gasteiger partial charge in [0.1, 0.15) is 23.5 Å². The van der Waals surface area contributed by atoms with Crippen LogP contribution in [0.4, 0.5) is 8.78 Å². The standard InChI is InChI=1S/C19H16F2N4O/c20-14-6-7-15(21)13(8-14)10-22-18-11-23-19(26)17-9-16(24-25(17)18)12-4-2-1-3-5-12/h1-9,18,22H,10-11H2,(H,23,26)/t18-/m1/s1. The minimum absolute atomic E-state index is 0.115. The maximum atomic E-state index is 13.8. The van der Waals surface area contributed by atoms with E-state index in [0.717, 1.165) is 23.8 Å². The molecule has 1 amide bonds. The van der Waals surface area contributed by atoms with Gasteiger partial charge in [0.05, 0.1) is 12.2 Å². The lowest BCUT2D eigenvalue weighted by molar-refractivity contribution is 0.0900. The predicted octanol–water partition coefficient (Wildman–Crippen LogP) is 2.86. The number of nitrogens with zero attached hydrogens (tertiary/aromatic N) is 2. The second-order valence-corrected chi connectivity index (χ2v) is 6.07. The van der Waals surface area contributed by atoms with Crippen LogP contribution in [0.2, 0.25) is 0 Å². The topological polar surface area (TPSA) is 59.0 Å². The van der Waals surface area contributed by atoms with Gasteiger partial charge in [0.15, 0.2) is 0 Å². The number of halogens is 2. The molecule has 7 heteroatoms. The molecule has 132 valence electrons. The molecule has 1 atom stereocenters. The molecule has 0 unspecified atom stereocenters. The molecule has 0 bridgehead atoms. The first kappa shape index (κ1) is 16.4. The third-order valence-electron chi connectivity index (χ3n) is 4.33. The van der Waals surface area contributed by atoms with Crippen molar-refractivity contribution in [1.82, 2.24) is 20.4 Å². The number of benzene rings is 2. The van der Waals surface area contributed by atoms with Gasteiger partial charge in [0.2, 0.25) is 0 Å². The van der Waals surface area contributed by atoms with E-state index in [4.69, 9.17) is 0 Å². The fourth-order valence-electron chi connectivity index (χ4n) is 2.98. The van der Waals surface area contributed by atoms with Crippen LogP contribution in [0.25, 0.3) is 11.3 Å². The molecule has 2 N–H and O–H groups in total. The van der Waals surface area contributed by atoms with Crippen LogP contribution in [0.5, 0.6) is 0 Å². The van der Waals surface area contributed by atoms with E-state index in [1.165, 1.54) is 0 Å². The molecule has 2 heterocycles. The summed E-state index contributed by atoms with van der Waals surface area (Å²) in [6.45, 7) is 0.419. The Kier molecular flexibility index (Phi) is 4.22. The van der Waals surface area contributed by atoms with Crippen LogP contribution in [0.1, 0.15) is 22.2 Å². The summed E-state index contributed by atoms with van der Waals surface area (Å²) >= 11 is 0. The molecule has 1 aliphatic heterocycles. The number of nitrogens with one attached hydrogen (secondary N) is 2. The first-order valence-corrected chi connectivity index (χ1v) is 8.22. The smallest absolute Gasteiger partial charge is 0.269 e. The lowest BCUT2D eigenvalue weighted by Crippen LogP contribution is -2.45. The molecule has 1 aliphatic rings. The van der Waals surface area contributed by atoms with Crippen LogP contribution < -0.4 is 10.6 Å². The number of aromatic nitrogens is 2. The molecule has 0 radical (unpaired) electrons. The van der Waals surface area contributed by atoms with E-state index in [-0.39, 0.29) is 24.2 Å². The first-order valence-electron chi connectivity index (χ1n) is 8.22. The van der Waals surface area contributed by atoms with Crippen molar-refractivity contribution in [2.24, 2.45) is 0 Å². The van der Waals surface area contributed by atoms with Gasteiger partial charge in [-0.25, -0.2) is 13.5 Å². The fourth-order valence-corrected chi connectivity index (χ4v) is 2.98. The predicted molar refractivity (Wildman–Crippen MR) is 92.2 cm³/mol. The van der Waals surface area contributed by atoms with Crippen LogP contribution in [-0.4, -0.2) is 22.2 Å². The Bertz CT molecular complexity index is 955. The molecule has 0 saturated carbocycles. The highest BCUT2D eigenvalue weighted by Gasteiger charge is 2.27. The van der Waals surface area contributed by atoms with Crippen LogP contribution >= 0.6 is 0 Å². The van der Waals surface area contributed by atoms with Crippen molar-refractivity contribution in [1.29, 1.82) is 0 Å². The first-order chi connectivity index (χ1) is 12.6. The molecule has 5 nitrogen and oxygen atoms in total. The molecule has 2 aromatic carbocycles. The second kappa shape index (κ2) is 6.68. The van der Waals surface area contributed by atoms with E-state index in [9.17, 15) is 13.6 Å². The van der Waals surface area contributed by atoms with Crippen LogP contribution in [-0.2, 0) is 6.54 Å². The van der Waals surface area contributed by atoms with Crippen LogP contribution in [0, 0.1) is 11.6 Å². The van der Waals surface area contributed by atoms with Gasteiger partial charge in [-0.15, -0.1) is 0 Å². The third kappa shape index (κ3) is 3.09. The highest BCUT2D eigenvalue weighted by molar-refractivity contribution is 5.94. The maximum absolute atomic E-state index is 13.8. The summed E-state index contributed by atoms with van der Waals surface area (Å²) in [6.07, 6.45) is -0.358. The van der Waals surface area contributed by atoms with Crippen molar-refractivity contribution in [3.8, 4) is 11.3 Å². The summed E-state index contributed by atoms with van der Waals surface area (Å²) in [7, 11) is 0. The highest BCUT2D eigenvalue weighted by atomic mass is 19.1. The number of carbonyl (C=O) groups excluding carboxylic acids is 1. The van der Waals surface area contributed by atoms with E-state index in [2.05, 4.69) is 15.7 Å². The Balaban J connectivity index is 1.60. The van der Waals surface area contributed by atoms with Crippen LogP contribution in [0.15, 0.2) is 54.6 Å². The minimum atomic E-state index is -0.494. The maximum Gasteiger partial charge on any atom is 0.269 e. The summed E-state index contributed by atoms with van der Waals surface area (Å²) in [4.78, 5) is 12.1. The Morgan fingerprint density at radius 1 is 1.15 bits per heavy atom. The van der Waals surface area contributed by atoms with Crippen molar-refractivity contribution in [2.45, 2.75) is 12.7 Å². The fraction of sp³-hybridized carbons (Fsp3) is 0.158. The van der Waals surface area contributed by atoms with E-state index < -0.39 is 11.6 Å². The Hall–Kier alpha value is -3.06. The summed E-state index contributed by atoms with van der Waals surface area (Å²) in [5.41, 5.74) is 2.23. The number of hydrogen-bond donors (Lipinski definition) is 2. The average Bonchev–Trinajstić information content (AvgIpc) is 3.11. The SMILES string of the molecule is O=C1NC[C@H](NCc2cc(F)ccc2F)n2nc(-c3ccccc3)cc21. The van der Waals surface area contributed by atoms with E-state index >= 15 is 0 Å². The number of amides is 1. The molecule has 3 aromatic rings. The van der Waals surface area contributed by atoms with E-state index in [1.54, 1.807) is 10.7 Å². The average molecular weight is 354 g/mol. The van der Waals surface area contributed by atoms with Gasteiger partial charge in [-0.05, 0) is 24.3 Å². The van der Waals surface area contributed by atoms with Gasteiger partial charge < -0.3 is 5.32 Å². The van der Waals surface area contributed by atoms with Crippen molar-refractivity contribution < 1.29 is 13.6 Å². The summed E-state index contributed by atoms with van der Waals surface area (Å²) in [6, 6.07) is 14.6. The third-order valence-corrected chi connectivity index (χ3v) is 4.33. The molecular weight excluding hydrogens is 338 g/mol. The quantitative estimate of drug-likeness (QED) is 0.757. The van der Waals surface area contributed by atoms with Crippen molar-refractivity contribution in [3.05, 3.63) is 77.5 Å². The molecule has 0 saturated heterocycles. The van der Waals surface area contributed by atoms with Crippen LogP contribution in [0.3, 0.4) is 0 Å². The van der Waals surface area contributed by atoms with Gasteiger partial charge in [-0.1, -0.05) is 30.3 Å². The number of carbonyl (C=O) groups is 1. The number of hydrogen-bond acceptors (Lipinski definition) is 3. The minimum Gasteiger partial charge on any atom is -0.347 e. The summed E-state index contributed by atoms with van der Waals surface area (Å²) in [5, 5.41) is 10.4. The van der Waals surface area contributed by atoms with Crippen molar-refractivity contribution in [3.63, 3.8) is 0 Å². The molecule has 26 heavy (non-hydrogen) atoms. The van der Waals surface area contributed by atoms with Gasteiger partial charge in [0.25, 0.3) is 5.91 Å². The molecule has 1 aromatic heterocycles. The largest absolute Gasteiger partial charge is 0.347 e. The van der Waals surface area contributed by atoms with Gasteiger partial charge in [-0.2, -0.15) is 5.10 Å².